The van der Waals surface area contributed by atoms with Crippen molar-refractivity contribution >= 4 is 0 Å². The molecule has 1 saturated heterocycles. The number of hydrogen-bond acceptors (Lipinski definition) is 3. The van der Waals surface area contributed by atoms with Crippen molar-refractivity contribution in [2.45, 2.75) is 64.2 Å². The molecule has 1 N–H and O–H groups in total. The molecule has 2 rings (SSSR count). The van der Waals surface area contributed by atoms with E-state index in [1.165, 1.54) is 38.6 Å². The van der Waals surface area contributed by atoms with Crippen molar-refractivity contribution in [3.8, 4) is 0 Å². The molecule has 1 saturated carbocycles. The summed E-state index contributed by atoms with van der Waals surface area (Å²) in [6, 6.07) is 0.871. The molecule has 1 aliphatic heterocycles. The maximum atomic E-state index is 6.11. The Labute approximate surface area is 112 Å². The van der Waals surface area contributed by atoms with Crippen molar-refractivity contribution in [3.05, 3.63) is 0 Å². The highest BCUT2D eigenvalue weighted by atomic mass is 16.5. The first-order valence-corrected chi connectivity index (χ1v) is 7.73. The molecule has 106 valence electrons. The van der Waals surface area contributed by atoms with Crippen LogP contribution < -0.4 is 5.32 Å². The first-order chi connectivity index (χ1) is 8.69. The Morgan fingerprint density at radius 3 is 2.50 bits per heavy atom. The fourth-order valence-electron chi connectivity index (χ4n) is 2.84. The van der Waals surface area contributed by atoms with Gasteiger partial charge in [0.05, 0.1) is 12.2 Å². The van der Waals surface area contributed by atoms with E-state index < -0.39 is 0 Å². The number of rotatable bonds is 8. The zero-order valence-electron chi connectivity index (χ0n) is 12.3. The molecule has 2 aliphatic rings. The quantitative estimate of drug-likeness (QED) is 0.719. The summed E-state index contributed by atoms with van der Waals surface area (Å²) in [7, 11) is 2.01. The summed E-state index contributed by atoms with van der Waals surface area (Å²) in [6.07, 6.45) is 7.55. The molecular weight excluding hydrogens is 224 g/mol. The molecule has 3 heteroatoms. The molecule has 2 atom stereocenters. The summed E-state index contributed by atoms with van der Waals surface area (Å²) in [4.78, 5) is 2.69. The average molecular weight is 254 g/mol. The summed E-state index contributed by atoms with van der Waals surface area (Å²) < 4.78 is 6.11. The Bertz CT molecular complexity index is 241. The monoisotopic (exact) mass is 254 g/mol. The molecule has 3 nitrogen and oxygen atoms in total. The highest BCUT2D eigenvalue weighted by Crippen LogP contribution is 2.29. The SMILES string of the molecule is CNCC1CCC(CN(CCC(C)C)C2CC2)O1. The average Bonchev–Trinajstić information content (AvgIpc) is 3.07. The summed E-state index contributed by atoms with van der Waals surface area (Å²) in [5.41, 5.74) is 0. The van der Waals surface area contributed by atoms with Crippen molar-refractivity contribution in [2.75, 3.05) is 26.7 Å². The summed E-state index contributed by atoms with van der Waals surface area (Å²) >= 11 is 0. The van der Waals surface area contributed by atoms with Crippen molar-refractivity contribution < 1.29 is 4.74 Å². The predicted molar refractivity (Wildman–Crippen MR) is 75.9 cm³/mol. The van der Waals surface area contributed by atoms with Gasteiger partial charge in [-0.2, -0.15) is 0 Å². The van der Waals surface area contributed by atoms with Crippen LogP contribution in [0, 0.1) is 5.92 Å². The lowest BCUT2D eigenvalue weighted by atomic mass is 10.1. The maximum absolute atomic E-state index is 6.11. The third-order valence-corrected chi connectivity index (χ3v) is 4.12. The van der Waals surface area contributed by atoms with Crippen LogP contribution in [0.1, 0.15) is 46.0 Å². The van der Waals surface area contributed by atoms with E-state index >= 15 is 0 Å². The van der Waals surface area contributed by atoms with Gasteiger partial charge in [-0.05, 0) is 51.6 Å². The molecule has 0 aromatic heterocycles. The van der Waals surface area contributed by atoms with Gasteiger partial charge in [-0.25, -0.2) is 0 Å². The fourth-order valence-corrected chi connectivity index (χ4v) is 2.84. The van der Waals surface area contributed by atoms with Gasteiger partial charge in [-0.3, -0.25) is 4.90 Å². The molecule has 0 spiro atoms. The Morgan fingerprint density at radius 2 is 1.89 bits per heavy atom. The van der Waals surface area contributed by atoms with E-state index in [4.69, 9.17) is 4.74 Å². The molecule has 0 radical (unpaired) electrons. The number of nitrogens with zero attached hydrogens (tertiary/aromatic N) is 1. The third kappa shape index (κ3) is 4.52. The van der Waals surface area contributed by atoms with Crippen LogP contribution in [-0.2, 0) is 4.74 Å². The Kier molecular flexibility index (Phi) is 5.46. The second-order valence-electron chi connectivity index (χ2n) is 6.42. The van der Waals surface area contributed by atoms with E-state index in [9.17, 15) is 0 Å². The minimum atomic E-state index is 0.450. The lowest BCUT2D eigenvalue weighted by molar-refractivity contribution is 0.0216. The van der Waals surface area contributed by atoms with E-state index in [0.717, 1.165) is 25.0 Å². The number of nitrogens with one attached hydrogen (secondary N) is 1. The first-order valence-electron chi connectivity index (χ1n) is 7.73. The van der Waals surface area contributed by atoms with Crippen LogP contribution in [0.3, 0.4) is 0 Å². The van der Waals surface area contributed by atoms with Gasteiger partial charge < -0.3 is 10.1 Å². The van der Waals surface area contributed by atoms with Crippen LogP contribution in [0.25, 0.3) is 0 Å². The largest absolute Gasteiger partial charge is 0.372 e. The van der Waals surface area contributed by atoms with Crippen LogP contribution in [0.2, 0.25) is 0 Å². The summed E-state index contributed by atoms with van der Waals surface area (Å²) in [5.74, 6) is 0.813. The molecule has 0 aromatic carbocycles. The topological polar surface area (TPSA) is 24.5 Å². The lowest BCUT2D eigenvalue weighted by Crippen LogP contribution is -2.36. The highest BCUT2D eigenvalue weighted by molar-refractivity contribution is 4.87. The molecule has 0 bridgehead atoms. The van der Waals surface area contributed by atoms with Crippen molar-refractivity contribution in [1.82, 2.24) is 10.2 Å². The van der Waals surface area contributed by atoms with Gasteiger partial charge in [0.1, 0.15) is 0 Å². The minimum absolute atomic E-state index is 0.450. The summed E-state index contributed by atoms with van der Waals surface area (Å²) in [5, 5.41) is 3.22. The van der Waals surface area contributed by atoms with Crippen LogP contribution in [0.4, 0.5) is 0 Å². The van der Waals surface area contributed by atoms with Gasteiger partial charge in [0.25, 0.3) is 0 Å². The smallest absolute Gasteiger partial charge is 0.0707 e. The molecule has 0 amide bonds. The van der Waals surface area contributed by atoms with Gasteiger partial charge in [-0.15, -0.1) is 0 Å². The van der Waals surface area contributed by atoms with Gasteiger partial charge in [0.2, 0.25) is 0 Å². The van der Waals surface area contributed by atoms with Crippen molar-refractivity contribution in [1.29, 1.82) is 0 Å². The van der Waals surface area contributed by atoms with Gasteiger partial charge in [-0.1, -0.05) is 13.8 Å². The van der Waals surface area contributed by atoms with Crippen LogP contribution in [-0.4, -0.2) is 49.8 Å². The Morgan fingerprint density at radius 1 is 1.17 bits per heavy atom. The van der Waals surface area contributed by atoms with Crippen LogP contribution >= 0.6 is 0 Å². The van der Waals surface area contributed by atoms with E-state index in [1.54, 1.807) is 0 Å². The number of hydrogen-bond donors (Lipinski definition) is 1. The normalized spacial score (nSPS) is 28.5. The van der Waals surface area contributed by atoms with Gasteiger partial charge in [0.15, 0.2) is 0 Å². The minimum Gasteiger partial charge on any atom is -0.372 e. The van der Waals surface area contributed by atoms with Crippen molar-refractivity contribution in [3.63, 3.8) is 0 Å². The molecule has 0 aromatic rings. The van der Waals surface area contributed by atoms with E-state index in [1.807, 2.05) is 7.05 Å². The summed E-state index contributed by atoms with van der Waals surface area (Å²) in [6.45, 7) is 8.07. The van der Waals surface area contributed by atoms with Crippen molar-refractivity contribution in [2.24, 2.45) is 5.92 Å². The predicted octanol–water partition coefficient (Wildman–Crippen LogP) is 2.26. The molecule has 1 aliphatic carbocycles. The molecule has 18 heavy (non-hydrogen) atoms. The zero-order chi connectivity index (χ0) is 13.0. The molecule has 2 unspecified atom stereocenters. The highest BCUT2D eigenvalue weighted by Gasteiger charge is 2.33. The second kappa shape index (κ2) is 6.88. The van der Waals surface area contributed by atoms with E-state index in [2.05, 4.69) is 24.1 Å². The third-order valence-electron chi connectivity index (χ3n) is 4.12. The second-order valence-corrected chi connectivity index (χ2v) is 6.42. The van der Waals surface area contributed by atoms with Crippen LogP contribution in [0.5, 0.6) is 0 Å². The van der Waals surface area contributed by atoms with Gasteiger partial charge >= 0.3 is 0 Å². The van der Waals surface area contributed by atoms with Gasteiger partial charge in [0, 0.05) is 19.1 Å². The zero-order valence-corrected chi connectivity index (χ0v) is 12.3. The number of ether oxygens (including phenoxy) is 1. The van der Waals surface area contributed by atoms with Crippen LogP contribution in [0.15, 0.2) is 0 Å². The fraction of sp³-hybridized carbons (Fsp3) is 1.00. The molecular formula is C15H30N2O. The molecule has 1 heterocycles. The standard InChI is InChI=1S/C15H30N2O/c1-12(2)8-9-17(13-4-5-13)11-15-7-6-14(18-15)10-16-3/h12-16H,4-11H2,1-3H3. The maximum Gasteiger partial charge on any atom is 0.0707 e. The molecule has 2 fully saturated rings. The van der Waals surface area contributed by atoms with E-state index in [-0.39, 0.29) is 0 Å². The first kappa shape index (κ1) is 14.3. The number of likely N-dealkylation sites (N-methyl/N-ethyl adjacent to an activating group) is 1. The Balaban J connectivity index is 1.72. The Hall–Kier alpha value is -0.120. The lowest BCUT2D eigenvalue weighted by Gasteiger charge is -2.26. The van der Waals surface area contributed by atoms with E-state index in [0.29, 0.717) is 12.2 Å².